The van der Waals surface area contributed by atoms with Gasteiger partial charge in [0.1, 0.15) is 11.6 Å². The zero-order valence-corrected chi connectivity index (χ0v) is 22.3. The highest BCUT2D eigenvalue weighted by Gasteiger charge is 2.31. The van der Waals surface area contributed by atoms with E-state index in [0.29, 0.717) is 42.5 Å². The summed E-state index contributed by atoms with van der Waals surface area (Å²) in [5.41, 5.74) is 7.91. The number of allylic oxidation sites excluding steroid dienone is 1. The van der Waals surface area contributed by atoms with Crippen molar-refractivity contribution in [3.05, 3.63) is 66.0 Å². The van der Waals surface area contributed by atoms with Crippen LogP contribution in [0.4, 0.5) is 11.5 Å². The number of benzene rings is 2. The number of likely N-dealkylation sites (tertiary alicyclic amines) is 1. The molecule has 0 radical (unpaired) electrons. The summed E-state index contributed by atoms with van der Waals surface area (Å²) in [5, 5.41) is 15.2. The molecule has 1 amide bonds. The molecular formula is C29H35N5O4. The van der Waals surface area contributed by atoms with E-state index >= 15 is 0 Å². The maximum absolute atomic E-state index is 12.8. The standard InChI is InChI=1S/C29H35N5O4/c1-5-38-26-11-20(28(35)34-16-24(17-34)37-4)8-9-25(26)33-27-12-22-10-19(6-7-21(22)15-32-27)23(13-30)14-31-18-29(2,3)36/h6-15,24,36H,5,16-18,30H2,1-4H3,(H,32,33). The second kappa shape index (κ2) is 11.6. The molecule has 3 aromatic rings. The molecule has 1 aromatic heterocycles. The number of aliphatic hydroxyl groups is 1. The summed E-state index contributed by atoms with van der Waals surface area (Å²) in [6.07, 6.45) is 5.07. The van der Waals surface area contributed by atoms with Gasteiger partial charge in [0.05, 0.1) is 30.5 Å². The summed E-state index contributed by atoms with van der Waals surface area (Å²) in [6.45, 7) is 7.23. The van der Waals surface area contributed by atoms with Gasteiger partial charge in [0.15, 0.2) is 0 Å². The van der Waals surface area contributed by atoms with Crippen LogP contribution in [0.25, 0.3) is 16.3 Å². The highest BCUT2D eigenvalue weighted by molar-refractivity contribution is 6.10. The Morgan fingerprint density at radius 3 is 2.66 bits per heavy atom. The summed E-state index contributed by atoms with van der Waals surface area (Å²) in [6, 6.07) is 13.3. The Labute approximate surface area is 223 Å². The Balaban J connectivity index is 1.55. The van der Waals surface area contributed by atoms with Gasteiger partial charge in [0, 0.05) is 55.3 Å². The first-order valence-corrected chi connectivity index (χ1v) is 12.6. The number of nitrogens with two attached hydrogens (primary N) is 1. The number of aromatic nitrogens is 1. The highest BCUT2D eigenvalue weighted by Crippen LogP contribution is 2.31. The molecule has 1 saturated heterocycles. The van der Waals surface area contributed by atoms with Crippen LogP contribution in [0.5, 0.6) is 5.75 Å². The number of hydrogen-bond acceptors (Lipinski definition) is 8. The summed E-state index contributed by atoms with van der Waals surface area (Å²) in [7, 11) is 1.66. The van der Waals surface area contributed by atoms with Gasteiger partial charge in [-0.3, -0.25) is 9.79 Å². The number of fused-ring (bicyclic) bond motifs is 1. The lowest BCUT2D eigenvalue weighted by atomic mass is 10.0. The van der Waals surface area contributed by atoms with Crippen LogP contribution in [0.1, 0.15) is 36.7 Å². The van der Waals surface area contributed by atoms with Gasteiger partial charge in [-0.1, -0.05) is 12.1 Å². The average Bonchev–Trinajstić information content (AvgIpc) is 2.86. The molecule has 38 heavy (non-hydrogen) atoms. The molecule has 0 aliphatic carbocycles. The number of pyridine rings is 1. The largest absolute Gasteiger partial charge is 0.492 e. The van der Waals surface area contributed by atoms with Gasteiger partial charge in [-0.2, -0.15) is 0 Å². The van der Waals surface area contributed by atoms with Gasteiger partial charge in [-0.15, -0.1) is 0 Å². The minimum Gasteiger partial charge on any atom is -0.492 e. The molecule has 1 aliphatic heterocycles. The van der Waals surface area contributed by atoms with Crippen LogP contribution in [0.15, 0.2) is 59.9 Å². The number of hydrogen-bond donors (Lipinski definition) is 3. The Morgan fingerprint density at radius 2 is 1.97 bits per heavy atom. The number of anilines is 2. The third-order valence-electron chi connectivity index (χ3n) is 6.20. The predicted octanol–water partition coefficient (Wildman–Crippen LogP) is 3.99. The molecule has 0 atom stereocenters. The van der Waals surface area contributed by atoms with Gasteiger partial charge in [-0.05, 0) is 62.1 Å². The molecule has 2 aromatic carbocycles. The quantitative estimate of drug-likeness (QED) is 0.348. The van der Waals surface area contributed by atoms with E-state index in [4.69, 9.17) is 15.2 Å². The topological polar surface area (TPSA) is 122 Å². The second-order valence-corrected chi connectivity index (χ2v) is 9.87. The molecule has 4 rings (SSSR count). The van der Waals surface area contributed by atoms with E-state index in [-0.39, 0.29) is 18.6 Å². The first-order valence-electron chi connectivity index (χ1n) is 12.6. The SMILES string of the molecule is CCOc1cc(C(=O)N2CC(OC)C2)ccc1Nc1cc2cc(C(C=NCC(C)(C)O)=CN)ccc2cn1. The van der Waals surface area contributed by atoms with Crippen molar-refractivity contribution in [1.82, 2.24) is 9.88 Å². The van der Waals surface area contributed by atoms with Crippen molar-refractivity contribution in [3.8, 4) is 5.75 Å². The molecule has 0 unspecified atom stereocenters. The van der Waals surface area contributed by atoms with Gasteiger partial charge >= 0.3 is 0 Å². The van der Waals surface area contributed by atoms with Gasteiger partial charge in [0.2, 0.25) is 0 Å². The van der Waals surface area contributed by atoms with Crippen molar-refractivity contribution in [3.63, 3.8) is 0 Å². The molecule has 2 heterocycles. The Kier molecular flexibility index (Phi) is 8.29. The third kappa shape index (κ3) is 6.48. The third-order valence-corrected chi connectivity index (χ3v) is 6.20. The van der Waals surface area contributed by atoms with Crippen LogP contribution in [0.2, 0.25) is 0 Å². The minimum absolute atomic E-state index is 0.0444. The van der Waals surface area contributed by atoms with Crippen LogP contribution in [0.3, 0.4) is 0 Å². The molecular weight excluding hydrogens is 482 g/mol. The number of amides is 1. The Bertz CT molecular complexity index is 1360. The Hall–Kier alpha value is -3.95. The van der Waals surface area contributed by atoms with Crippen molar-refractivity contribution < 1.29 is 19.4 Å². The lowest BCUT2D eigenvalue weighted by Crippen LogP contribution is -2.54. The maximum atomic E-state index is 12.8. The number of rotatable bonds is 10. The van der Waals surface area contributed by atoms with E-state index < -0.39 is 5.60 Å². The van der Waals surface area contributed by atoms with E-state index in [1.807, 2.05) is 37.3 Å². The minimum atomic E-state index is -0.889. The number of methoxy groups -OCH3 is 1. The average molecular weight is 518 g/mol. The van der Waals surface area contributed by atoms with Gasteiger partial charge < -0.3 is 30.5 Å². The molecule has 1 aliphatic rings. The van der Waals surface area contributed by atoms with Crippen LogP contribution >= 0.6 is 0 Å². The molecule has 4 N–H and O–H groups in total. The summed E-state index contributed by atoms with van der Waals surface area (Å²) in [5.74, 6) is 1.17. The number of aliphatic imine (C=N–C) groups is 1. The Morgan fingerprint density at radius 1 is 1.21 bits per heavy atom. The molecule has 9 heteroatoms. The molecule has 1 fully saturated rings. The van der Waals surface area contributed by atoms with E-state index in [0.717, 1.165) is 21.9 Å². The fourth-order valence-corrected chi connectivity index (χ4v) is 4.08. The first kappa shape index (κ1) is 27.1. The van der Waals surface area contributed by atoms with Gasteiger partial charge in [0.25, 0.3) is 5.91 Å². The van der Waals surface area contributed by atoms with Crippen LogP contribution in [-0.2, 0) is 4.74 Å². The first-order chi connectivity index (χ1) is 18.2. The summed E-state index contributed by atoms with van der Waals surface area (Å²) >= 11 is 0. The number of nitrogens with zero attached hydrogens (tertiary/aromatic N) is 3. The van der Waals surface area contributed by atoms with Crippen molar-refractivity contribution in [2.24, 2.45) is 10.7 Å². The van der Waals surface area contributed by atoms with E-state index in [2.05, 4.69) is 15.3 Å². The summed E-state index contributed by atoms with van der Waals surface area (Å²) < 4.78 is 11.1. The fourth-order valence-electron chi connectivity index (χ4n) is 4.08. The van der Waals surface area contributed by atoms with Crippen molar-refractivity contribution in [2.45, 2.75) is 32.5 Å². The lowest BCUT2D eigenvalue weighted by Gasteiger charge is -2.38. The fraction of sp³-hybridized carbons (Fsp3) is 0.345. The molecule has 0 bridgehead atoms. The van der Waals surface area contributed by atoms with Crippen LogP contribution in [0, 0.1) is 0 Å². The van der Waals surface area contributed by atoms with Crippen LogP contribution in [-0.4, -0.2) is 72.2 Å². The predicted molar refractivity (Wildman–Crippen MR) is 151 cm³/mol. The zero-order valence-electron chi connectivity index (χ0n) is 22.3. The number of nitrogens with one attached hydrogen (secondary N) is 1. The number of carbonyl (C=O) groups excluding carboxylic acids is 1. The maximum Gasteiger partial charge on any atom is 0.254 e. The zero-order chi connectivity index (χ0) is 27.3. The smallest absolute Gasteiger partial charge is 0.254 e. The number of ether oxygens (including phenoxy) is 2. The monoisotopic (exact) mass is 517 g/mol. The summed E-state index contributed by atoms with van der Waals surface area (Å²) in [4.78, 5) is 23.5. The highest BCUT2D eigenvalue weighted by atomic mass is 16.5. The van der Waals surface area contributed by atoms with Gasteiger partial charge in [-0.25, -0.2) is 4.98 Å². The van der Waals surface area contributed by atoms with E-state index in [1.54, 1.807) is 50.4 Å². The van der Waals surface area contributed by atoms with Crippen molar-refractivity contribution in [1.29, 1.82) is 0 Å². The normalized spacial score (nSPS) is 14.7. The molecule has 0 spiro atoms. The molecule has 0 saturated carbocycles. The number of carbonyl (C=O) groups is 1. The molecule has 200 valence electrons. The van der Waals surface area contributed by atoms with Crippen molar-refractivity contribution in [2.75, 3.05) is 38.7 Å². The molecule has 9 nitrogen and oxygen atoms in total. The van der Waals surface area contributed by atoms with Crippen LogP contribution < -0.4 is 15.8 Å². The lowest BCUT2D eigenvalue weighted by molar-refractivity contribution is -0.0192. The van der Waals surface area contributed by atoms with E-state index in [1.165, 1.54) is 6.20 Å². The van der Waals surface area contributed by atoms with Crippen molar-refractivity contribution >= 4 is 40.0 Å². The van der Waals surface area contributed by atoms with E-state index in [9.17, 15) is 9.90 Å². The second-order valence-electron chi connectivity index (χ2n) is 9.87.